The molecule has 0 unspecified atom stereocenters. The number of hydrogen-bond donors (Lipinski definition) is 0. The van der Waals surface area contributed by atoms with Crippen LogP contribution in [0.25, 0.3) is 0 Å². The summed E-state index contributed by atoms with van der Waals surface area (Å²) in [4.78, 5) is 11.3. The highest BCUT2D eigenvalue weighted by Gasteiger charge is 2.43. The first-order valence-electron chi connectivity index (χ1n) is 7.28. The first-order chi connectivity index (χ1) is 10.3. The van der Waals surface area contributed by atoms with E-state index in [1.807, 2.05) is 18.5 Å². The van der Waals surface area contributed by atoms with Gasteiger partial charge in [-0.15, -0.1) is 11.3 Å². The highest BCUT2D eigenvalue weighted by Crippen LogP contribution is 2.39. The van der Waals surface area contributed by atoms with Gasteiger partial charge >= 0.3 is 0 Å². The molecule has 4 rings (SSSR count). The van der Waals surface area contributed by atoms with Crippen molar-refractivity contribution in [2.24, 2.45) is 11.8 Å². The van der Waals surface area contributed by atoms with Gasteiger partial charge in [-0.1, -0.05) is 5.16 Å². The summed E-state index contributed by atoms with van der Waals surface area (Å²) in [5, 5.41) is 7.14. The van der Waals surface area contributed by atoms with E-state index in [2.05, 4.69) is 20.0 Å². The summed E-state index contributed by atoms with van der Waals surface area (Å²) in [5.74, 6) is 2.75. The monoisotopic (exact) mass is 306 g/mol. The fourth-order valence-electron chi connectivity index (χ4n) is 3.46. The van der Waals surface area contributed by atoms with Crippen LogP contribution in [0, 0.1) is 18.8 Å². The lowest BCUT2D eigenvalue weighted by Crippen LogP contribution is -2.33. The number of ether oxygens (including phenoxy) is 1. The molecule has 0 N–H and O–H groups in total. The number of aryl methyl sites for hydroxylation is 1. The molecule has 2 aliphatic heterocycles. The summed E-state index contributed by atoms with van der Waals surface area (Å²) >= 11 is 1.72. The number of hydrogen-bond acceptors (Lipinski definition) is 7. The standard InChI is InChI=1S/C14H18N4O2S/c1-9-16-14(20-17-9)12-8-19-7-10-4-18(5-11(10)12)6-13-15-2-3-21-13/h2-3,10-12H,4-8H2,1H3/t10-,11-,12+/m0/s1. The average Bonchev–Trinajstić information content (AvgIpc) is 3.18. The Labute approximate surface area is 127 Å². The predicted molar refractivity (Wildman–Crippen MR) is 77.0 cm³/mol. The SMILES string of the molecule is Cc1noc([C@@H]2COC[C@@H]3CN(Cc4nccs4)C[C@@H]32)n1. The van der Waals surface area contributed by atoms with E-state index in [9.17, 15) is 0 Å². The fourth-order valence-corrected chi connectivity index (χ4v) is 4.12. The van der Waals surface area contributed by atoms with Crippen molar-refractivity contribution in [3.8, 4) is 0 Å². The highest BCUT2D eigenvalue weighted by molar-refractivity contribution is 7.09. The molecule has 7 heteroatoms. The van der Waals surface area contributed by atoms with Crippen LogP contribution in [-0.4, -0.2) is 46.3 Å². The molecule has 2 aromatic heterocycles. The van der Waals surface area contributed by atoms with Crippen LogP contribution in [0.3, 0.4) is 0 Å². The molecular weight excluding hydrogens is 288 g/mol. The Bertz CT molecular complexity index is 600. The van der Waals surface area contributed by atoms with E-state index in [-0.39, 0.29) is 5.92 Å². The van der Waals surface area contributed by atoms with Crippen LogP contribution in [-0.2, 0) is 11.3 Å². The van der Waals surface area contributed by atoms with Gasteiger partial charge in [-0.3, -0.25) is 4.90 Å². The van der Waals surface area contributed by atoms with Crippen LogP contribution < -0.4 is 0 Å². The van der Waals surface area contributed by atoms with Crippen LogP contribution in [0.4, 0.5) is 0 Å². The van der Waals surface area contributed by atoms with Gasteiger partial charge in [0, 0.05) is 24.7 Å². The number of thiazole rings is 1. The largest absolute Gasteiger partial charge is 0.380 e. The van der Waals surface area contributed by atoms with Gasteiger partial charge in [0.25, 0.3) is 0 Å². The van der Waals surface area contributed by atoms with E-state index in [4.69, 9.17) is 9.26 Å². The van der Waals surface area contributed by atoms with E-state index in [1.165, 1.54) is 5.01 Å². The average molecular weight is 306 g/mol. The van der Waals surface area contributed by atoms with E-state index in [0.29, 0.717) is 24.3 Å². The van der Waals surface area contributed by atoms with Crippen molar-refractivity contribution >= 4 is 11.3 Å². The molecule has 2 fully saturated rings. The van der Waals surface area contributed by atoms with Crippen LogP contribution >= 0.6 is 11.3 Å². The smallest absolute Gasteiger partial charge is 0.232 e. The lowest BCUT2D eigenvalue weighted by molar-refractivity contribution is 0.00991. The first kappa shape index (κ1) is 13.4. The Balaban J connectivity index is 1.49. The third kappa shape index (κ3) is 2.61. The molecule has 0 aliphatic carbocycles. The van der Waals surface area contributed by atoms with Gasteiger partial charge in [0.15, 0.2) is 5.82 Å². The van der Waals surface area contributed by atoms with Gasteiger partial charge in [-0.25, -0.2) is 4.98 Å². The molecule has 4 heterocycles. The Morgan fingerprint density at radius 1 is 1.38 bits per heavy atom. The van der Waals surface area contributed by atoms with Gasteiger partial charge in [-0.2, -0.15) is 4.98 Å². The minimum absolute atomic E-state index is 0.228. The highest BCUT2D eigenvalue weighted by atomic mass is 32.1. The predicted octanol–water partition coefficient (Wildman–Crippen LogP) is 1.70. The fraction of sp³-hybridized carbons (Fsp3) is 0.643. The number of fused-ring (bicyclic) bond motifs is 1. The third-order valence-corrected chi connectivity index (χ3v) is 5.18. The molecule has 0 amide bonds. The zero-order valence-corrected chi connectivity index (χ0v) is 12.8. The van der Waals surface area contributed by atoms with E-state index >= 15 is 0 Å². The second-order valence-electron chi connectivity index (χ2n) is 5.87. The molecule has 0 bridgehead atoms. The van der Waals surface area contributed by atoms with Crippen LogP contribution in [0.1, 0.15) is 22.6 Å². The topological polar surface area (TPSA) is 64.3 Å². The molecule has 3 atom stereocenters. The molecule has 2 saturated heterocycles. The minimum Gasteiger partial charge on any atom is -0.380 e. The number of rotatable bonds is 3. The normalized spacial score (nSPS) is 29.7. The third-order valence-electron chi connectivity index (χ3n) is 4.42. The zero-order valence-electron chi connectivity index (χ0n) is 11.9. The second kappa shape index (κ2) is 5.47. The van der Waals surface area contributed by atoms with Crippen molar-refractivity contribution in [3.05, 3.63) is 28.3 Å². The van der Waals surface area contributed by atoms with Crippen molar-refractivity contribution in [1.29, 1.82) is 0 Å². The van der Waals surface area contributed by atoms with E-state index in [0.717, 1.165) is 32.1 Å². The van der Waals surface area contributed by atoms with Crippen molar-refractivity contribution in [3.63, 3.8) is 0 Å². The molecule has 0 spiro atoms. The van der Waals surface area contributed by atoms with Crippen molar-refractivity contribution in [2.75, 3.05) is 26.3 Å². The van der Waals surface area contributed by atoms with Crippen molar-refractivity contribution < 1.29 is 9.26 Å². The molecule has 2 aromatic rings. The Hall–Kier alpha value is -1.31. The maximum absolute atomic E-state index is 5.78. The first-order valence-corrected chi connectivity index (χ1v) is 8.16. The number of aromatic nitrogens is 3. The van der Waals surface area contributed by atoms with E-state index in [1.54, 1.807) is 11.3 Å². The maximum atomic E-state index is 5.78. The van der Waals surface area contributed by atoms with Gasteiger partial charge in [-0.05, 0) is 18.8 Å². The van der Waals surface area contributed by atoms with Gasteiger partial charge in [0.2, 0.25) is 5.89 Å². The summed E-state index contributed by atoms with van der Waals surface area (Å²) in [7, 11) is 0. The Kier molecular flexibility index (Phi) is 3.48. The number of nitrogens with zero attached hydrogens (tertiary/aromatic N) is 4. The summed E-state index contributed by atoms with van der Waals surface area (Å²) < 4.78 is 11.2. The lowest BCUT2D eigenvalue weighted by atomic mass is 9.83. The quantitative estimate of drug-likeness (QED) is 0.860. The van der Waals surface area contributed by atoms with Crippen molar-refractivity contribution in [1.82, 2.24) is 20.0 Å². The van der Waals surface area contributed by atoms with Crippen LogP contribution in [0.5, 0.6) is 0 Å². The molecule has 112 valence electrons. The van der Waals surface area contributed by atoms with E-state index < -0.39 is 0 Å². The maximum Gasteiger partial charge on any atom is 0.232 e. The number of likely N-dealkylation sites (tertiary alicyclic amines) is 1. The molecule has 0 saturated carbocycles. The van der Waals surface area contributed by atoms with Crippen LogP contribution in [0.2, 0.25) is 0 Å². The summed E-state index contributed by atoms with van der Waals surface area (Å²) in [6.45, 7) is 6.43. The second-order valence-corrected chi connectivity index (χ2v) is 6.85. The van der Waals surface area contributed by atoms with Gasteiger partial charge in [0.1, 0.15) is 5.01 Å². The zero-order chi connectivity index (χ0) is 14.2. The van der Waals surface area contributed by atoms with Crippen molar-refractivity contribution in [2.45, 2.75) is 19.4 Å². The molecular formula is C14H18N4O2S. The molecule has 0 aromatic carbocycles. The molecule has 2 aliphatic rings. The molecule has 6 nitrogen and oxygen atoms in total. The lowest BCUT2D eigenvalue weighted by Gasteiger charge is -2.30. The summed E-state index contributed by atoms with van der Waals surface area (Å²) in [6.07, 6.45) is 1.87. The molecule has 0 radical (unpaired) electrons. The van der Waals surface area contributed by atoms with Crippen LogP contribution in [0.15, 0.2) is 16.1 Å². The summed E-state index contributed by atoms with van der Waals surface area (Å²) in [6, 6.07) is 0. The molecule has 21 heavy (non-hydrogen) atoms. The summed E-state index contributed by atoms with van der Waals surface area (Å²) in [5.41, 5.74) is 0. The Morgan fingerprint density at radius 2 is 2.33 bits per heavy atom. The Morgan fingerprint density at radius 3 is 3.10 bits per heavy atom. The van der Waals surface area contributed by atoms with Gasteiger partial charge in [0.05, 0.1) is 25.7 Å². The van der Waals surface area contributed by atoms with Gasteiger partial charge < -0.3 is 9.26 Å². The minimum atomic E-state index is 0.228.